The molecule has 0 bridgehead atoms. The summed E-state index contributed by atoms with van der Waals surface area (Å²) in [5, 5.41) is 3.88. The van der Waals surface area contributed by atoms with Gasteiger partial charge in [-0.3, -0.25) is 4.99 Å². The summed E-state index contributed by atoms with van der Waals surface area (Å²) in [6, 6.07) is 7.83. The maximum absolute atomic E-state index is 6.05. The fraction of sp³-hybridized carbons (Fsp3) is 0.462. The van der Waals surface area contributed by atoms with Crippen molar-refractivity contribution in [3.63, 3.8) is 0 Å². The molecule has 0 fully saturated rings. The minimum Gasteiger partial charge on any atom is -0.370 e. The average Bonchev–Trinajstić information content (AvgIpc) is 2.29. The van der Waals surface area contributed by atoms with Gasteiger partial charge in [0.15, 0.2) is 5.96 Å². The lowest BCUT2D eigenvalue weighted by Gasteiger charge is -2.07. The van der Waals surface area contributed by atoms with Crippen molar-refractivity contribution in [2.24, 2.45) is 16.6 Å². The van der Waals surface area contributed by atoms with Gasteiger partial charge in [0.1, 0.15) is 0 Å². The number of nitrogens with zero attached hydrogens (tertiary/aromatic N) is 1. The number of nitrogens with two attached hydrogens (primary N) is 1. The molecule has 0 saturated carbocycles. The maximum Gasteiger partial charge on any atom is 0.188 e. The van der Waals surface area contributed by atoms with Gasteiger partial charge in [-0.2, -0.15) is 0 Å². The Bertz CT molecular complexity index is 380. The monoisotopic (exact) mass is 381 g/mol. The Labute approximate surface area is 131 Å². The average molecular weight is 382 g/mol. The molecule has 3 nitrogen and oxygen atoms in total. The van der Waals surface area contributed by atoms with Crippen LogP contribution in [0.15, 0.2) is 29.3 Å². The number of halogens is 2. The maximum atomic E-state index is 6.05. The summed E-state index contributed by atoms with van der Waals surface area (Å²) in [7, 11) is 0. The van der Waals surface area contributed by atoms with Crippen LogP contribution in [-0.4, -0.2) is 19.0 Å². The van der Waals surface area contributed by atoms with E-state index in [1.54, 1.807) is 0 Å². The fourth-order valence-corrected chi connectivity index (χ4v) is 1.59. The number of nitrogens with one attached hydrogen (secondary N) is 1. The van der Waals surface area contributed by atoms with Gasteiger partial charge in [-0.25, -0.2) is 0 Å². The number of aliphatic imine (C=N–C) groups is 1. The molecule has 0 aromatic heterocycles. The zero-order valence-electron chi connectivity index (χ0n) is 10.8. The molecule has 0 heterocycles. The number of benzene rings is 1. The van der Waals surface area contributed by atoms with Crippen LogP contribution in [0.1, 0.15) is 19.4 Å². The molecule has 0 aliphatic rings. The molecule has 1 rings (SSSR count). The van der Waals surface area contributed by atoms with Crippen LogP contribution in [0, 0.1) is 5.92 Å². The van der Waals surface area contributed by atoms with Crippen molar-refractivity contribution in [3.05, 3.63) is 34.9 Å². The van der Waals surface area contributed by atoms with Gasteiger partial charge in [0.25, 0.3) is 0 Å². The third kappa shape index (κ3) is 7.06. The summed E-state index contributed by atoms with van der Waals surface area (Å²) in [6.07, 6.45) is 0.845. The zero-order chi connectivity index (χ0) is 12.7. The number of guanidine groups is 1. The minimum atomic E-state index is 0. The van der Waals surface area contributed by atoms with Gasteiger partial charge in [0, 0.05) is 18.1 Å². The van der Waals surface area contributed by atoms with E-state index in [-0.39, 0.29) is 24.0 Å². The van der Waals surface area contributed by atoms with E-state index < -0.39 is 0 Å². The van der Waals surface area contributed by atoms with Crippen LogP contribution in [0.2, 0.25) is 5.02 Å². The lowest BCUT2D eigenvalue weighted by Crippen LogP contribution is -2.33. The summed E-state index contributed by atoms with van der Waals surface area (Å²) in [5.74, 6) is 1.03. The number of rotatable bonds is 5. The highest BCUT2D eigenvalue weighted by Crippen LogP contribution is 2.14. The minimum absolute atomic E-state index is 0. The van der Waals surface area contributed by atoms with Gasteiger partial charge in [0.2, 0.25) is 0 Å². The Morgan fingerprint density at radius 1 is 1.39 bits per heavy atom. The molecule has 0 aliphatic heterocycles. The standard InChI is InChI=1S/C13H20ClN3.HI/c1-10(2)9-17-13(15)16-8-7-11-5-3-4-6-12(11)14;/h3-6,10H,7-9H2,1-2H3,(H3,15,16,17);1H. The molecule has 102 valence electrons. The molecule has 1 aromatic rings. The van der Waals surface area contributed by atoms with Crippen LogP contribution in [0.5, 0.6) is 0 Å². The van der Waals surface area contributed by atoms with E-state index in [2.05, 4.69) is 24.2 Å². The van der Waals surface area contributed by atoms with E-state index >= 15 is 0 Å². The SMILES string of the molecule is CC(C)CN=C(N)NCCc1ccccc1Cl.I. The quantitative estimate of drug-likeness (QED) is 0.468. The fourth-order valence-electron chi connectivity index (χ4n) is 1.36. The second kappa shape index (κ2) is 9.44. The van der Waals surface area contributed by atoms with Crippen LogP contribution in [0.3, 0.4) is 0 Å². The van der Waals surface area contributed by atoms with Crippen LogP contribution in [0.25, 0.3) is 0 Å². The number of hydrogen-bond acceptors (Lipinski definition) is 1. The van der Waals surface area contributed by atoms with Crippen molar-refractivity contribution >= 4 is 41.5 Å². The van der Waals surface area contributed by atoms with Gasteiger partial charge in [-0.1, -0.05) is 43.6 Å². The summed E-state index contributed by atoms with van der Waals surface area (Å²) >= 11 is 6.05. The highest BCUT2D eigenvalue weighted by Gasteiger charge is 1.99. The topological polar surface area (TPSA) is 50.4 Å². The zero-order valence-corrected chi connectivity index (χ0v) is 13.9. The first-order valence-corrected chi connectivity index (χ1v) is 6.24. The Hall–Kier alpha value is -0.490. The predicted octanol–water partition coefficient (Wildman–Crippen LogP) is 3.06. The van der Waals surface area contributed by atoms with Crippen LogP contribution < -0.4 is 11.1 Å². The van der Waals surface area contributed by atoms with Crippen LogP contribution >= 0.6 is 35.6 Å². The van der Waals surface area contributed by atoms with Gasteiger partial charge < -0.3 is 11.1 Å². The van der Waals surface area contributed by atoms with E-state index in [1.165, 1.54) is 0 Å². The third-order valence-electron chi connectivity index (χ3n) is 2.29. The van der Waals surface area contributed by atoms with Crippen molar-refractivity contribution < 1.29 is 0 Å². The molecule has 18 heavy (non-hydrogen) atoms. The van der Waals surface area contributed by atoms with Crippen LogP contribution in [0.4, 0.5) is 0 Å². The van der Waals surface area contributed by atoms with Crippen molar-refractivity contribution in [3.8, 4) is 0 Å². The van der Waals surface area contributed by atoms with Gasteiger partial charge >= 0.3 is 0 Å². The molecular formula is C13H21ClIN3. The van der Waals surface area contributed by atoms with Gasteiger partial charge in [0.05, 0.1) is 0 Å². The lowest BCUT2D eigenvalue weighted by atomic mass is 10.1. The first-order chi connectivity index (χ1) is 8.09. The molecule has 1 aromatic carbocycles. The van der Waals surface area contributed by atoms with Gasteiger partial charge in [-0.05, 0) is 24.0 Å². The van der Waals surface area contributed by atoms with Crippen molar-refractivity contribution in [2.45, 2.75) is 20.3 Å². The molecule has 5 heteroatoms. The summed E-state index contributed by atoms with van der Waals surface area (Å²) in [6.45, 7) is 5.73. The van der Waals surface area contributed by atoms with Crippen molar-refractivity contribution in [1.82, 2.24) is 5.32 Å². The second-order valence-electron chi connectivity index (χ2n) is 4.39. The van der Waals surface area contributed by atoms with Crippen molar-refractivity contribution in [2.75, 3.05) is 13.1 Å². The first-order valence-electron chi connectivity index (χ1n) is 5.86. The molecule has 0 unspecified atom stereocenters. The van der Waals surface area contributed by atoms with Gasteiger partial charge in [-0.15, -0.1) is 24.0 Å². The second-order valence-corrected chi connectivity index (χ2v) is 4.80. The lowest BCUT2D eigenvalue weighted by molar-refractivity contribution is 0.661. The smallest absolute Gasteiger partial charge is 0.188 e. The molecule has 3 N–H and O–H groups in total. The van der Waals surface area contributed by atoms with E-state index in [0.29, 0.717) is 11.9 Å². The van der Waals surface area contributed by atoms with Crippen LogP contribution in [-0.2, 0) is 6.42 Å². The molecular weight excluding hydrogens is 361 g/mol. The molecule has 0 aliphatic carbocycles. The van der Waals surface area contributed by atoms with E-state index in [4.69, 9.17) is 17.3 Å². The highest BCUT2D eigenvalue weighted by molar-refractivity contribution is 14.0. The largest absolute Gasteiger partial charge is 0.370 e. The van der Waals surface area contributed by atoms with E-state index in [1.807, 2.05) is 24.3 Å². The highest BCUT2D eigenvalue weighted by atomic mass is 127. The molecule has 0 saturated heterocycles. The Morgan fingerprint density at radius 3 is 2.67 bits per heavy atom. The Kier molecular flexibility index (Phi) is 9.18. The normalized spacial score (nSPS) is 11.2. The summed E-state index contributed by atoms with van der Waals surface area (Å²) in [5.41, 5.74) is 6.85. The van der Waals surface area contributed by atoms with E-state index in [9.17, 15) is 0 Å². The summed E-state index contributed by atoms with van der Waals surface area (Å²) in [4.78, 5) is 4.23. The molecule has 0 atom stereocenters. The molecule has 0 amide bonds. The third-order valence-corrected chi connectivity index (χ3v) is 2.65. The van der Waals surface area contributed by atoms with E-state index in [0.717, 1.165) is 30.1 Å². The number of hydrogen-bond donors (Lipinski definition) is 2. The van der Waals surface area contributed by atoms with Crippen molar-refractivity contribution in [1.29, 1.82) is 0 Å². The Morgan fingerprint density at radius 2 is 2.06 bits per heavy atom. The first kappa shape index (κ1) is 17.5. The summed E-state index contributed by atoms with van der Waals surface area (Å²) < 4.78 is 0. The molecule has 0 radical (unpaired) electrons. The Balaban J connectivity index is 0.00000289. The molecule has 0 spiro atoms. The predicted molar refractivity (Wildman–Crippen MR) is 89.9 cm³/mol.